The fraction of sp³-hybridized carbons (Fsp3) is 0.594. The fourth-order valence-electron chi connectivity index (χ4n) is 6.94. The van der Waals surface area contributed by atoms with Crippen LogP contribution in [0.5, 0.6) is 0 Å². The first kappa shape index (κ1) is 26.4. The van der Waals surface area contributed by atoms with Crippen molar-refractivity contribution in [1.29, 1.82) is 0 Å². The highest BCUT2D eigenvalue weighted by molar-refractivity contribution is 5.73. The minimum Gasteiger partial charge on any atom is -0.480 e. The molecule has 0 spiro atoms. The summed E-state index contributed by atoms with van der Waals surface area (Å²) in [5, 5.41) is 10.1. The Balaban J connectivity index is 1.17. The number of benzene rings is 2. The van der Waals surface area contributed by atoms with Gasteiger partial charge < -0.3 is 10.0 Å². The molecule has 0 bridgehead atoms. The number of hydrogen-bond donors (Lipinski definition) is 1. The highest BCUT2D eigenvalue weighted by Crippen LogP contribution is 2.38. The number of piperidine rings is 1. The van der Waals surface area contributed by atoms with Gasteiger partial charge in [0.15, 0.2) is 0 Å². The van der Waals surface area contributed by atoms with Gasteiger partial charge in [-0.2, -0.15) is 0 Å². The zero-order valence-corrected chi connectivity index (χ0v) is 22.1. The largest absolute Gasteiger partial charge is 0.480 e. The second-order valence-corrected chi connectivity index (χ2v) is 11.9. The van der Waals surface area contributed by atoms with Crippen LogP contribution in [0.4, 0.5) is 4.39 Å². The van der Waals surface area contributed by atoms with Crippen LogP contribution in [0.1, 0.15) is 68.4 Å². The predicted molar refractivity (Wildman–Crippen MR) is 146 cm³/mol. The molecule has 5 heteroatoms. The summed E-state index contributed by atoms with van der Waals surface area (Å²) in [5.74, 6) is 0.978. The lowest BCUT2D eigenvalue weighted by atomic mass is 9.80. The molecule has 2 heterocycles. The third-order valence-corrected chi connectivity index (χ3v) is 9.37. The lowest BCUT2D eigenvalue weighted by molar-refractivity contribution is -0.144. The number of halogens is 1. The molecule has 0 amide bonds. The van der Waals surface area contributed by atoms with Crippen molar-refractivity contribution in [3.05, 3.63) is 71.5 Å². The van der Waals surface area contributed by atoms with Gasteiger partial charge in [-0.3, -0.25) is 9.69 Å². The molecule has 5 rings (SSSR count). The highest BCUT2D eigenvalue weighted by Gasteiger charge is 2.41. The smallest absolute Gasteiger partial charge is 0.320 e. The summed E-state index contributed by atoms with van der Waals surface area (Å²) in [4.78, 5) is 17.1. The topological polar surface area (TPSA) is 43.8 Å². The maximum Gasteiger partial charge on any atom is 0.320 e. The van der Waals surface area contributed by atoms with Crippen LogP contribution in [0, 0.1) is 23.6 Å². The number of nitrogens with zero attached hydrogens (tertiary/aromatic N) is 2. The van der Waals surface area contributed by atoms with Crippen LogP contribution < -0.4 is 0 Å². The van der Waals surface area contributed by atoms with Crippen LogP contribution in [-0.2, 0) is 11.2 Å². The van der Waals surface area contributed by atoms with E-state index in [1.54, 1.807) is 12.1 Å². The first-order valence-electron chi connectivity index (χ1n) is 14.5. The van der Waals surface area contributed by atoms with Crippen LogP contribution in [0.25, 0.3) is 0 Å². The normalized spacial score (nSPS) is 24.7. The molecule has 37 heavy (non-hydrogen) atoms. The standard InChI is InChI=1S/C32H43FN2O2/c33-29-14-6-13-27(20-29)30-23-35(31(32(36)37)19-26-11-5-12-26)22-28(30)21-34-17-15-25(16-18-34)10-4-9-24-7-2-1-3-8-24/h1-3,6-8,13-14,20,25-26,28,30-31H,4-5,9-12,15-19,21-23H2,(H,36,37)/t28-,30+,31+/m0/s1. The molecule has 0 aromatic heterocycles. The van der Waals surface area contributed by atoms with E-state index in [1.807, 2.05) is 6.07 Å². The van der Waals surface area contributed by atoms with Gasteiger partial charge in [-0.1, -0.05) is 68.1 Å². The average Bonchev–Trinajstić information content (AvgIpc) is 3.28. The minimum absolute atomic E-state index is 0.183. The van der Waals surface area contributed by atoms with E-state index in [0.717, 1.165) is 56.9 Å². The monoisotopic (exact) mass is 506 g/mol. The summed E-state index contributed by atoms with van der Waals surface area (Å²) in [6, 6.07) is 17.4. The Morgan fingerprint density at radius 1 is 0.973 bits per heavy atom. The third-order valence-electron chi connectivity index (χ3n) is 9.37. The van der Waals surface area contributed by atoms with Crippen molar-refractivity contribution in [1.82, 2.24) is 9.80 Å². The van der Waals surface area contributed by atoms with Crippen molar-refractivity contribution in [3.8, 4) is 0 Å². The first-order chi connectivity index (χ1) is 18.0. The zero-order chi connectivity index (χ0) is 25.6. The number of aryl methyl sites for hydroxylation is 1. The summed E-state index contributed by atoms with van der Waals surface area (Å²) in [6.45, 7) is 4.72. The number of likely N-dealkylation sites (tertiary alicyclic amines) is 2. The second-order valence-electron chi connectivity index (χ2n) is 11.9. The van der Waals surface area contributed by atoms with E-state index in [1.165, 1.54) is 50.2 Å². The van der Waals surface area contributed by atoms with Gasteiger partial charge in [-0.05, 0) is 86.2 Å². The van der Waals surface area contributed by atoms with Crippen molar-refractivity contribution in [2.75, 3.05) is 32.7 Å². The van der Waals surface area contributed by atoms with Gasteiger partial charge in [0.2, 0.25) is 0 Å². The second kappa shape index (κ2) is 12.5. The Labute approximate surface area is 221 Å². The van der Waals surface area contributed by atoms with Crippen molar-refractivity contribution in [2.45, 2.75) is 69.7 Å². The number of rotatable bonds is 11. The molecule has 2 aromatic carbocycles. The van der Waals surface area contributed by atoms with Gasteiger partial charge in [-0.25, -0.2) is 4.39 Å². The number of aliphatic carboxylic acids is 1. The summed E-state index contributed by atoms with van der Waals surface area (Å²) in [5.41, 5.74) is 2.46. The van der Waals surface area contributed by atoms with Crippen molar-refractivity contribution in [3.63, 3.8) is 0 Å². The highest BCUT2D eigenvalue weighted by atomic mass is 19.1. The lowest BCUT2D eigenvalue weighted by Gasteiger charge is -2.35. The molecule has 2 saturated heterocycles. The van der Waals surface area contributed by atoms with Crippen LogP contribution in [-0.4, -0.2) is 59.6 Å². The summed E-state index contributed by atoms with van der Waals surface area (Å²) < 4.78 is 14.2. The molecule has 4 nitrogen and oxygen atoms in total. The Hall–Kier alpha value is -2.24. The molecule has 1 N–H and O–H groups in total. The zero-order valence-electron chi connectivity index (χ0n) is 22.1. The van der Waals surface area contributed by atoms with Crippen molar-refractivity contribution in [2.24, 2.45) is 17.8 Å². The molecule has 0 radical (unpaired) electrons. The molecule has 3 atom stereocenters. The number of carboxylic acids is 1. The van der Waals surface area contributed by atoms with Gasteiger partial charge in [0, 0.05) is 25.6 Å². The molecular formula is C32H43FN2O2. The van der Waals surface area contributed by atoms with Gasteiger partial charge in [0.05, 0.1) is 0 Å². The van der Waals surface area contributed by atoms with Crippen LogP contribution >= 0.6 is 0 Å². The molecule has 0 unspecified atom stereocenters. The summed E-state index contributed by atoms with van der Waals surface area (Å²) in [6.07, 6.45) is 10.5. The fourth-order valence-corrected chi connectivity index (χ4v) is 6.94. The molecule has 1 aliphatic carbocycles. The Kier molecular flexibility index (Phi) is 8.93. The maximum absolute atomic E-state index is 14.2. The molecule has 2 aliphatic heterocycles. The SMILES string of the molecule is O=C(O)[C@@H](CC1CCC1)N1C[C@H](CN2CCC(CCCc3ccccc3)CC2)[C@@H](c2cccc(F)c2)C1. The third kappa shape index (κ3) is 7.00. The van der Waals surface area contributed by atoms with Crippen LogP contribution in [0.2, 0.25) is 0 Å². The van der Waals surface area contributed by atoms with Crippen molar-refractivity contribution < 1.29 is 14.3 Å². The molecule has 3 aliphatic rings. The Morgan fingerprint density at radius 2 is 1.76 bits per heavy atom. The van der Waals surface area contributed by atoms with Gasteiger partial charge in [0.1, 0.15) is 11.9 Å². The van der Waals surface area contributed by atoms with E-state index in [-0.39, 0.29) is 11.7 Å². The quantitative estimate of drug-likeness (QED) is 0.393. The van der Waals surface area contributed by atoms with Crippen LogP contribution in [0.3, 0.4) is 0 Å². The van der Waals surface area contributed by atoms with Gasteiger partial charge in [0.25, 0.3) is 0 Å². The van der Waals surface area contributed by atoms with E-state index >= 15 is 0 Å². The van der Waals surface area contributed by atoms with Gasteiger partial charge >= 0.3 is 5.97 Å². The van der Waals surface area contributed by atoms with E-state index < -0.39 is 12.0 Å². The Morgan fingerprint density at radius 3 is 2.43 bits per heavy atom. The number of carboxylic acid groups (broad SMARTS) is 1. The molecule has 2 aromatic rings. The van der Waals surface area contributed by atoms with Crippen molar-refractivity contribution >= 4 is 5.97 Å². The molecular weight excluding hydrogens is 463 g/mol. The van der Waals surface area contributed by atoms with Crippen LogP contribution in [0.15, 0.2) is 54.6 Å². The molecule has 3 fully saturated rings. The number of hydrogen-bond acceptors (Lipinski definition) is 3. The minimum atomic E-state index is -0.693. The average molecular weight is 507 g/mol. The lowest BCUT2D eigenvalue weighted by Crippen LogP contribution is -2.43. The van der Waals surface area contributed by atoms with E-state index in [4.69, 9.17) is 0 Å². The van der Waals surface area contributed by atoms with E-state index in [0.29, 0.717) is 18.4 Å². The predicted octanol–water partition coefficient (Wildman–Crippen LogP) is 6.22. The molecule has 200 valence electrons. The Bertz CT molecular complexity index is 1000. The van der Waals surface area contributed by atoms with E-state index in [9.17, 15) is 14.3 Å². The maximum atomic E-state index is 14.2. The molecule has 1 saturated carbocycles. The van der Waals surface area contributed by atoms with Gasteiger partial charge in [-0.15, -0.1) is 0 Å². The number of carbonyl (C=O) groups is 1. The van der Waals surface area contributed by atoms with E-state index in [2.05, 4.69) is 40.1 Å². The summed E-state index contributed by atoms with van der Waals surface area (Å²) in [7, 11) is 0. The first-order valence-corrected chi connectivity index (χ1v) is 14.5. The summed E-state index contributed by atoms with van der Waals surface area (Å²) >= 11 is 0.